The smallest absolute Gasteiger partial charge is 0.210 e. The molecule has 4 heteroatoms. The minimum atomic E-state index is 0.159. The Morgan fingerprint density at radius 2 is 2.35 bits per heavy atom. The van der Waals surface area contributed by atoms with Crippen LogP contribution in [0.5, 0.6) is 5.75 Å². The fourth-order valence-corrected chi connectivity index (χ4v) is 2.39. The summed E-state index contributed by atoms with van der Waals surface area (Å²) in [7, 11) is 0. The van der Waals surface area contributed by atoms with Crippen molar-refractivity contribution < 1.29 is 14.3 Å². The van der Waals surface area contributed by atoms with Gasteiger partial charge in [0.05, 0.1) is 13.2 Å². The highest BCUT2D eigenvalue weighted by Gasteiger charge is 2.24. The number of hydrogen-bond donors (Lipinski definition) is 0. The van der Waals surface area contributed by atoms with Crippen molar-refractivity contribution in [1.82, 2.24) is 4.90 Å². The molecular weight excluding hydrogens is 218 g/mol. The second-order valence-corrected chi connectivity index (χ2v) is 4.51. The van der Waals surface area contributed by atoms with Gasteiger partial charge in [0.25, 0.3) is 0 Å². The molecule has 17 heavy (non-hydrogen) atoms. The van der Waals surface area contributed by atoms with Crippen molar-refractivity contribution in [2.24, 2.45) is 0 Å². The normalized spacial score (nSPS) is 22.6. The molecule has 2 aliphatic rings. The van der Waals surface area contributed by atoms with Crippen LogP contribution in [-0.4, -0.2) is 30.6 Å². The molecular formula is C13H15NO3. The maximum Gasteiger partial charge on any atom is 0.210 e. The van der Waals surface area contributed by atoms with Crippen molar-refractivity contribution in [2.75, 3.05) is 13.2 Å². The first-order valence-corrected chi connectivity index (χ1v) is 5.91. The first kappa shape index (κ1) is 10.6. The fourth-order valence-electron chi connectivity index (χ4n) is 2.39. The lowest BCUT2D eigenvalue weighted by Gasteiger charge is -2.14. The summed E-state index contributed by atoms with van der Waals surface area (Å²) in [6.45, 7) is 2.79. The number of fused-ring (bicyclic) bond motifs is 1. The molecule has 1 amide bonds. The van der Waals surface area contributed by atoms with E-state index in [9.17, 15) is 4.79 Å². The maximum atomic E-state index is 10.8. The molecule has 1 aromatic rings. The summed E-state index contributed by atoms with van der Waals surface area (Å²) in [6.07, 6.45) is 2.00. The number of carbonyl (C=O) groups excluding carboxylic acids is 1. The van der Waals surface area contributed by atoms with E-state index in [1.807, 2.05) is 12.1 Å². The molecule has 0 bridgehead atoms. The third-order valence-electron chi connectivity index (χ3n) is 3.30. The second kappa shape index (κ2) is 4.37. The lowest BCUT2D eigenvalue weighted by Crippen LogP contribution is -2.17. The lowest BCUT2D eigenvalue weighted by molar-refractivity contribution is -0.118. The maximum absolute atomic E-state index is 10.8. The quantitative estimate of drug-likeness (QED) is 0.739. The van der Waals surface area contributed by atoms with Crippen molar-refractivity contribution in [2.45, 2.75) is 25.6 Å². The molecule has 0 N–H and O–H groups in total. The number of rotatable bonds is 3. The van der Waals surface area contributed by atoms with Gasteiger partial charge in [-0.2, -0.15) is 0 Å². The van der Waals surface area contributed by atoms with Crippen LogP contribution in [-0.2, 0) is 22.6 Å². The number of ether oxygens (including phenoxy) is 2. The Labute approximate surface area is 100 Å². The minimum absolute atomic E-state index is 0.159. The minimum Gasteiger partial charge on any atom is -0.488 e. The molecule has 2 aliphatic heterocycles. The Morgan fingerprint density at radius 3 is 3.12 bits per heavy atom. The van der Waals surface area contributed by atoms with Crippen LogP contribution < -0.4 is 4.74 Å². The zero-order chi connectivity index (χ0) is 11.7. The van der Waals surface area contributed by atoms with Gasteiger partial charge in [0.15, 0.2) is 0 Å². The molecule has 3 rings (SSSR count). The third kappa shape index (κ3) is 2.00. The van der Waals surface area contributed by atoms with Crippen LogP contribution in [0.2, 0.25) is 0 Å². The molecule has 0 spiro atoms. The molecule has 0 radical (unpaired) electrons. The third-order valence-corrected chi connectivity index (χ3v) is 3.30. The van der Waals surface area contributed by atoms with Gasteiger partial charge in [0.2, 0.25) is 6.41 Å². The van der Waals surface area contributed by atoms with Gasteiger partial charge in [-0.05, 0) is 11.6 Å². The summed E-state index contributed by atoms with van der Waals surface area (Å²) >= 11 is 0. The molecule has 1 atom stereocenters. The Kier molecular flexibility index (Phi) is 2.73. The molecule has 1 unspecified atom stereocenters. The Hall–Kier alpha value is -1.55. The second-order valence-electron chi connectivity index (χ2n) is 4.51. The first-order chi connectivity index (χ1) is 8.36. The monoisotopic (exact) mass is 233 g/mol. The number of amides is 1. The van der Waals surface area contributed by atoms with Gasteiger partial charge in [-0.15, -0.1) is 0 Å². The van der Waals surface area contributed by atoms with Gasteiger partial charge in [0, 0.05) is 25.1 Å². The van der Waals surface area contributed by atoms with Crippen LogP contribution in [0.1, 0.15) is 17.5 Å². The summed E-state index contributed by atoms with van der Waals surface area (Å²) in [5.41, 5.74) is 2.33. The zero-order valence-corrected chi connectivity index (χ0v) is 9.59. The fraction of sp³-hybridized carbons (Fsp3) is 0.462. The van der Waals surface area contributed by atoms with Crippen molar-refractivity contribution in [1.29, 1.82) is 0 Å². The molecule has 0 aromatic heterocycles. The van der Waals surface area contributed by atoms with Crippen LogP contribution in [0.25, 0.3) is 0 Å². The van der Waals surface area contributed by atoms with Gasteiger partial charge in [0.1, 0.15) is 11.9 Å². The Balaban J connectivity index is 1.81. The van der Waals surface area contributed by atoms with E-state index in [1.165, 1.54) is 5.56 Å². The van der Waals surface area contributed by atoms with Crippen molar-refractivity contribution in [3.05, 3.63) is 29.3 Å². The molecule has 4 nitrogen and oxygen atoms in total. The summed E-state index contributed by atoms with van der Waals surface area (Å²) in [5.74, 6) is 0.905. The number of nitrogens with zero attached hydrogens (tertiary/aromatic N) is 1. The number of carbonyl (C=O) groups is 1. The summed E-state index contributed by atoms with van der Waals surface area (Å²) in [6, 6.07) is 6.01. The van der Waals surface area contributed by atoms with Gasteiger partial charge in [-0.3, -0.25) is 4.79 Å². The lowest BCUT2D eigenvalue weighted by atomic mass is 10.1. The molecule has 1 fully saturated rings. The topological polar surface area (TPSA) is 38.8 Å². The van der Waals surface area contributed by atoms with Gasteiger partial charge < -0.3 is 14.4 Å². The van der Waals surface area contributed by atoms with E-state index in [4.69, 9.17) is 9.47 Å². The molecule has 1 saturated heterocycles. The predicted molar refractivity (Wildman–Crippen MR) is 61.6 cm³/mol. The molecule has 2 heterocycles. The van der Waals surface area contributed by atoms with E-state index in [1.54, 1.807) is 4.90 Å². The highest BCUT2D eigenvalue weighted by atomic mass is 16.5. The average molecular weight is 233 g/mol. The highest BCUT2D eigenvalue weighted by Crippen LogP contribution is 2.31. The van der Waals surface area contributed by atoms with Crippen LogP contribution in [0.4, 0.5) is 0 Å². The van der Waals surface area contributed by atoms with E-state index in [0.29, 0.717) is 19.7 Å². The van der Waals surface area contributed by atoms with E-state index < -0.39 is 0 Å². The van der Waals surface area contributed by atoms with Crippen molar-refractivity contribution in [3.63, 3.8) is 0 Å². The van der Waals surface area contributed by atoms with Crippen molar-refractivity contribution in [3.8, 4) is 5.75 Å². The Morgan fingerprint density at radius 1 is 1.41 bits per heavy atom. The van der Waals surface area contributed by atoms with E-state index >= 15 is 0 Å². The van der Waals surface area contributed by atoms with Gasteiger partial charge in [-0.25, -0.2) is 0 Å². The standard InChI is InChI=1S/C13H15NO3/c15-9-14-6-10-2-1-3-13(12(10)7-14)17-11-4-5-16-8-11/h1-3,9,11H,4-8H2. The number of benzene rings is 1. The van der Waals surface area contributed by atoms with Crippen LogP contribution in [0.15, 0.2) is 18.2 Å². The number of hydrogen-bond acceptors (Lipinski definition) is 3. The largest absolute Gasteiger partial charge is 0.488 e. The van der Waals surface area contributed by atoms with E-state index in [-0.39, 0.29) is 6.10 Å². The molecule has 0 saturated carbocycles. The summed E-state index contributed by atoms with van der Waals surface area (Å²) in [5, 5.41) is 0. The zero-order valence-electron chi connectivity index (χ0n) is 9.59. The molecule has 90 valence electrons. The van der Waals surface area contributed by atoms with Crippen LogP contribution >= 0.6 is 0 Å². The van der Waals surface area contributed by atoms with E-state index in [0.717, 1.165) is 30.8 Å². The SMILES string of the molecule is O=CN1Cc2cccc(OC3CCOC3)c2C1. The van der Waals surface area contributed by atoms with E-state index in [2.05, 4.69) is 6.07 Å². The average Bonchev–Trinajstić information content (AvgIpc) is 2.97. The highest BCUT2D eigenvalue weighted by molar-refractivity contribution is 5.53. The predicted octanol–water partition coefficient (Wildman–Crippen LogP) is 1.33. The Bertz CT molecular complexity index is 427. The van der Waals surface area contributed by atoms with Gasteiger partial charge >= 0.3 is 0 Å². The summed E-state index contributed by atoms with van der Waals surface area (Å²) in [4.78, 5) is 12.5. The molecule has 1 aromatic carbocycles. The van der Waals surface area contributed by atoms with Gasteiger partial charge in [-0.1, -0.05) is 12.1 Å². The summed E-state index contributed by atoms with van der Waals surface area (Å²) < 4.78 is 11.2. The molecule has 0 aliphatic carbocycles. The van der Waals surface area contributed by atoms with Crippen LogP contribution in [0.3, 0.4) is 0 Å². The first-order valence-electron chi connectivity index (χ1n) is 5.91. The van der Waals surface area contributed by atoms with Crippen LogP contribution in [0, 0.1) is 0 Å². The van der Waals surface area contributed by atoms with Crippen molar-refractivity contribution >= 4 is 6.41 Å².